The van der Waals surface area contributed by atoms with Crippen LogP contribution in [-0.4, -0.2) is 17.6 Å². The molecule has 4 heteroatoms. The average Bonchev–Trinajstić information content (AvgIpc) is 3.02. The van der Waals surface area contributed by atoms with Crippen LogP contribution in [-0.2, 0) is 17.3 Å². The van der Waals surface area contributed by atoms with E-state index < -0.39 is 0 Å². The smallest absolute Gasteiger partial charge is 0.251 e. The maximum absolute atomic E-state index is 12.6. The lowest BCUT2D eigenvalue weighted by Gasteiger charge is -2.26. The van der Waals surface area contributed by atoms with Gasteiger partial charge in [0.1, 0.15) is 6.26 Å². The molecule has 2 aromatic rings. The highest BCUT2D eigenvalue weighted by Crippen LogP contribution is 2.30. The minimum absolute atomic E-state index is 0.00454. The van der Waals surface area contributed by atoms with Crippen LogP contribution in [0.25, 0.3) is 0 Å². The Morgan fingerprint density at radius 2 is 1.64 bits per heavy atom. The molecule has 0 fully saturated rings. The van der Waals surface area contributed by atoms with Gasteiger partial charge >= 0.3 is 0 Å². The lowest BCUT2D eigenvalue weighted by atomic mass is 9.79. The highest BCUT2D eigenvalue weighted by molar-refractivity contribution is 5.94. The van der Waals surface area contributed by atoms with Gasteiger partial charge < -0.3 is 9.84 Å². The van der Waals surface area contributed by atoms with Crippen LogP contribution in [0, 0.1) is 0 Å². The van der Waals surface area contributed by atoms with E-state index in [0.29, 0.717) is 6.54 Å². The van der Waals surface area contributed by atoms with Crippen molar-refractivity contribution in [1.82, 2.24) is 10.5 Å². The van der Waals surface area contributed by atoms with Crippen molar-refractivity contribution in [2.75, 3.05) is 6.54 Å². The molecule has 0 aliphatic carbocycles. The molecule has 0 saturated heterocycles. The number of aromatic nitrogens is 1. The molecular formula is C21H30N2O2. The van der Waals surface area contributed by atoms with Crippen LogP contribution in [0.2, 0.25) is 0 Å². The van der Waals surface area contributed by atoms with Crippen molar-refractivity contribution >= 4 is 5.91 Å². The predicted molar refractivity (Wildman–Crippen MR) is 101 cm³/mol. The lowest BCUT2D eigenvalue weighted by Crippen LogP contribution is -2.26. The molecule has 1 N–H and O–H groups in total. The first-order valence-corrected chi connectivity index (χ1v) is 8.90. The molecule has 2 rings (SSSR count). The van der Waals surface area contributed by atoms with Crippen molar-refractivity contribution in [3.8, 4) is 0 Å². The zero-order chi connectivity index (χ0) is 18.7. The van der Waals surface area contributed by atoms with Crippen LogP contribution in [0.4, 0.5) is 0 Å². The van der Waals surface area contributed by atoms with E-state index in [2.05, 4.69) is 58.1 Å². The van der Waals surface area contributed by atoms with Gasteiger partial charge in [-0.1, -0.05) is 52.8 Å². The van der Waals surface area contributed by atoms with Crippen LogP contribution in [0.15, 0.2) is 35.2 Å². The Hall–Kier alpha value is -2.10. The maximum atomic E-state index is 12.6. The first-order valence-electron chi connectivity index (χ1n) is 8.90. The number of amides is 1. The summed E-state index contributed by atoms with van der Waals surface area (Å²) in [7, 11) is 0. The third kappa shape index (κ3) is 5.45. The number of nitrogens with zero attached hydrogens (tertiary/aromatic N) is 1. The Morgan fingerprint density at radius 1 is 1.04 bits per heavy atom. The summed E-state index contributed by atoms with van der Waals surface area (Å²) in [5.41, 5.74) is 4.18. The van der Waals surface area contributed by atoms with Gasteiger partial charge in [-0.3, -0.25) is 4.79 Å². The first kappa shape index (κ1) is 19.2. The second-order valence-electron chi connectivity index (χ2n) is 8.69. The van der Waals surface area contributed by atoms with Gasteiger partial charge in [0, 0.05) is 17.7 Å². The summed E-state index contributed by atoms with van der Waals surface area (Å²) in [5, 5.41) is 6.72. The number of benzene rings is 1. The van der Waals surface area contributed by atoms with Gasteiger partial charge in [0.25, 0.3) is 5.91 Å². The van der Waals surface area contributed by atoms with Gasteiger partial charge in [-0.2, -0.15) is 0 Å². The van der Waals surface area contributed by atoms with E-state index in [1.165, 1.54) is 11.1 Å². The second kappa shape index (κ2) is 7.42. The lowest BCUT2D eigenvalue weighted by molar-refractivity contribution is 0.0953. The molecule has 0 aliphatic rings. The summed E-state index contributed by atoms with van der Waals surface area (Å²) in [6.45, 7) is 13.7. The molecule has 1 heterocycles. The highest BCUT2D eigenvalue weighted by atomic mass is 16.5. The Kier molecular flexibility index (Phi) is 5.71. The molecule has 0 atom stereocenters. The normalized spacial score (nSPS) is 12.2. The Morgan fingerprint density at radius 3 is 2.12 bits per heavy atom. The molecule has 0 spiro atoms. The third-order valence-electron chi connectivity index (χ3n) is 4.34. The van der Waals surface area contributed by atoms with E-state index in [1.54, 1.807) is 12.5 Å². The van der Waals surface area contributed by atoms with Crippen molar-refractivity contribution < 1.29 is 9.32 Å². The zero-order valence-corrected chi connectivity index (χ0v) is 16.3. The number of nitrogens with one attached hydrogen (secondary N) is 1. The predicted octanol–water partition coefficient (Wildman–Crippen LogP) is 4.63. The summed E-state index contributed by atoms with van der Waals surface area (Å²) in [4.78, 5) is 12.6. The van der Waals surface area contributed by atoms with Crippen LogP contribution in [0.1, 0.15) is 75.0 Å². The van der Waals surface area contributed by atoms with E-state index >= 15 is 0 Å². The van der Waals surface area contributed by atoms with Crippen molar-refractivity contribution in [3.63, 3.8) is 0 Å². The second-order valence-corrected chi connectivity index (χ2v) is 8.69. The molecule has 1 amide bonds. The summed E-state index contributed by atoms with van der Waals surface area (Å²) in [6, 6.07) is 6.26. The van der Waals surface area contributed by atoms with Gasteiger partial charge in [-0.05, 0) is 46.9 Å². The van der Waals surface area contributed by atoms with E-state index in [-0.39, 0.29) is 16.7 Å². The number of carbonyl (C=O) groups excluding carboxylic acids is 1. The zero-order valence-electron chi connectivity index (χ0n) is 16.3. The van der Waals surface area contributed by atoms with Gasteiger partial charge in [-0.15, -0.1) is 0 Å². The molecule has 0 unspecified atom stereocenters. The Labute approximate surface area is 151 Å². The monoisotopic (exact) mass is 342 g/mol. The average molecular weight is 342 g/mol. The first-order chi connectivity index (χ1) is 11.6. The highest BCUT2D eigenvalue weighted by Gasteiger charge is 2.22. The summed E-state index contributed by atoms with van der Waals surface area (Å²) in [6.07, 6.45) is 5.06. The summed E-state index contributed by atoms with van der Waals surface area (Å²) < 4.78 is 4.81. The molecule has 0 aliphatic heterocycles. The molecular weight excluding hydrogens is 312 g/mol. The number of hydrogen-bond donors (Lipinski definition) is 1. The maximum Gasteiger partial charge on any atom is 0.251 e. The standard InChI is InChI=1S/C21H30N2O2/c1-20(2,3)17-10-16(11-18(12-17)21(4,5)6)19(24)22-9-7-8-15-13-23-25-14-15/h10-14H,7-9H2,1-6H3,(H,22,24). The van der Waals surface area contributed by atoms with Crippen LogP contribution >= 0.6 is 0 Å². The van der Waals surface area contributed by atoms with Crippen LogP contribution < -0.4 is 5.32 Å². The van der Waals surface area contributed by atoms with Gasteiger partial charge in [-0.25, -0.2) is 0 Å². The molecule has 1 aromatic heterocycles. The molecule has 136 valence electrons. The quantitative estimate of drug-likeness (QED) is 0.806. The summed E-state index contributed by atoms with van der Waals surface area (Å²) >= 11 is 0. The SMILES string of the molecule is CC(C)(C)c1cc(C(=O)NCCCc2cnoc2)cc(C(C)(C)C)c1. The molecule has 0 radical (unpaired) electrons. The number of hydrogen-bond acceptors (Lipinski definition) is 3. The largest absolute Gasteiger partial charge is 0.364 e. The topological polar surface area (TPSA) is 55.1 Å². The number of aryl methyl sites for hydroxylation is 1. The van der Waals surface area contributed by atoms with Gasteiger partial charge in [0.15, 0.2) is 0 Å². The molecule has 1 aromatic carbocycles. The van der Waals surface area contributed by atoms with Crippen molar-refractivity contribution in [2.24, 2.45) is 0 Å². The summed E-state index contributed by atoms with van der Waals surface area (Å²) in [5.74, 6) is -0.0121. The van der Waals surface area contributed by atoms with E-state index in [1.807, 2.05) is 12.1 Å². The van der Waals surface area contributed by atoms with Gasteiger partial charge in [0.05, 0.1) is 6.20 Å². The van der Waals surface area contributed by atoms with Crippen molar-refractivity contribution in [1.29, 1.82) is 0 Å². The number of rotatable bonds is 5. The van der Waals surface area contributed by atoms with Gasteiger partial charge in [0.2, 0.25) is 0 Å². The molecule has 0 saturated carbocycles. The fraction of sp³-hybridized carbons (Fsp3) is 0.524. The van der Waals surface area contributed by atoms with E-state index in [4.69, 9.17) is 4.52 Å². The van der Waals surface area contributed by atoms with Crippen LogP contribution in [0.5, 0.6) is 0 Å². The fourth-order valence-electron chi connectivity index (χ4n) is 2.57. The minimum Gasteiger partial charge on any atom is -0.364 e. The van der Waals surface area contributed by atoms with Crippen molar-refractivity contribution in [2.45, 2.75) is 65.2 Å². The molecule has 0 bridgehead atoms. The Balaban J connectivity index is 2.09. The molecule has 4 nitrogen and oxygen atoms in total. The van der Waals surface area contributed by atoms with Crippen molar-refractivity contribution in [3.05, 3.63) is 52.9 Å². The Bertz CT molecular complexity index is 672. The van der Waals surface area contributed by atoms with E-state index in [9.17, 15) is 4.79 Å². The third-order valence-corrected chi connectivity index (χ3v) is 4.34. The van der Waals surface area contributed by atoms with E-state index in [0.717, 1.165) is 24.0 Å². The number of carbonyl (C=O) groups is 1. The molecule has 25 heavy (non-hydrogen) atoms. The fourth-order valence-corrected chi connectivity index (χ4v) is 2.57. The minimum atomic E-state index is -0.0121. The van der Waals surface area contributed by atoms with Crippen LogP contribution in [0.3, 0.4) is 0 Å².